The molecule has 0 amide bonds. The molecule has 3 rings (SSSR count). The quantitative estimate of drug-likeness (QED) is 0.131. The van der Waals surface area contributed by atoms with Crippen LogP contribution < -0.4 is 26.0 Å². The molecule has 0 aromatic heterocycles. The van der Waals surface area contributed by atoms with Gasteiger partial charge >= 0.3 is 0 Å². The molecule has 0 saturated carbocycles. The number of nitrogens with zero attached hydrogens (tertiary/aromatic N) is 2. The molecule has 0 heterocycles. The summed E-state index contributed by atoms with van der Waals surface area (Å²) in [5.74, 6) is 0.741. The van der Waals surface area contributed by atoms with E-state index < -0.39 is 11.3 Å². The second-order valence-electron chi connectivity index (χ2n) is 10.2. The number of benzene rings is 3. The third kappa shape index (κ3) is 9.05. The molecule has 38 heavy (non-hydrogen) atoms. The van der Waals surface area contributed by atoms with E-state index in [2.05, 4.69) is 14.1 Å². The molecule has 6 nitrogen and oxygen atoms in total. The molecule has 0 N–H and O–H groups in total. The summed E-state index contributed by atoms with van der Waals surface area (Å²) in [7, 11) is 4.32. The molecule has 8 heteroatoms. The van der Waals surface area contributed by atoms with Crippen molar-refractivity contribution in [3.05, 3.63) is 94.5 Å². The summed E-state index contributed by atoms with van der Waals surface area (Å²) in [5.41, 5.74) is 5.18. The van der Waals surface area contributed by atoms with Crippen molar-refractivity contribution < 1.29 is 39.8 Å². The van der Waals surface area contributed by atoms with Crippen molar-refractivity contribution >= 4 is 22.7 Å². The molecule has 0 saturated heterocycles. The van der Waals surface area contributed by atoms with Gasteiger partial charge in [-0.05, 0) is 56.2 Å². The molecule has 0 aliphatic carbocycles. The fourth-order valence-electron chi connectivity index (χ4n) is 4.72. The van der Waals surface area contributed by atoms with Crippen molar-refractivity contribution in [1.82, 2.24) is 0 Å². The first-order chi connectivity index (χ1) is 17.6. The number of halogens is 1. The third-order valence-corrected chi connectivity index (χ3v) is 7.24. The highest BCUT2D eigenvalue weighted by Crippen LogP contribution is 2.27. The van der Waals surface area contributed by atoms with E-state index in [0.717, 1.165) is 58.5 Å². The predicted molar refractivity (Wildman–Crippen MR) is 150 cm³/mol. The summed E-state index contributed by atoms with van der Waals surface area (Å²) in [6.45, 7) is 8.74. The van der Waals surface area contributed by atoms with Crippen molar-refractivity contribution in [2.75, 3.05) is 44.6 Å². The number of carbonyl (C=O) groups excluding carboxylic acids is 1. The maximum Gasteiger partial charge on any atom is 0.193 e. The number of anilines is 1. The van der Waals surface area contributed by atoms with E-state index in [1.807, 2.05) is 75.4 Å². The monoisotopic (exact) mass is 601 g/mol. The molecule has 0 aliphatic rings. The van der Waals surface area contributed by atoms with Gasteiger partial charge in [-0.15, -0.1) is 0 Å². The molecule has 0 spiro atoms. The van der Waals surface area contributed by atoms with E-state index >= 15 is 0 Å². The maximum atomic E-state index is 12.5. The molecular formula is C30H38BrN2O4S-. The van der Waals surface area contributed by atoms with Crippen LogP contribution in [0, 0.1) is 20.8 Å². The molecule has 1 unspecified atom stereocenters. The minimum Gasteiger partial charge on any atom is -1.00 e. The molecule has 0 fully saturated rings. The van der Waals surface area contributed by atoms with Gasteiger partial charge in [0.15, 0.2) is 5.78 Å². The lowest BCUT2D eigenvalue weighted by Crippen LogP contribution is -3.00. The molecular weight excluding hydrogens is 564 g/mol. The maximum absolute atomic E-state index is 12.5. The van der Waals surface area contributed by atoms with E-state index in [0.29, 0.717) is 24.3 Å². The van der Waals surface area contributed by atoms with Gasteiger partial charge in [0.2, 0.25) is 0 Å². The van der Waals surface area contributed by atoms with Crippen molar-refractivity contribution in [2.24, 2.45) is 0 Å². The molecule has 206 valence electrons. The van der Waals surface area contributed by atoms with Gasteiger partial charge in [-0.3, -0.25) is 9.00 Å². The first-order valence-corrected chi connectivity index (χ1v) is 13.7. The molecule has 0 aliphatic heterocycles. The highest BCUT2D eigenvalue weighted by molar-refractivity contribution is 7.80. The van der Waals surface area contributed by atoms with Gasteiger partial charge in [0.05, 0.1) is 39.5 Å². The summed E-state index contributed by atoms with van der Waals surface area (Å²) in [6, 6.07) is 20.6. The number of ketones is 1. The standard InChI is InChI=1S/C30H38N2O4S.BrH/c1-23-21-24(2)29(25(3)22-23)31(37(34)35)17-9-18-32(4,5)19-10-20-36-28-15-13-27(14-16-28)30(33)26-11-7-6-8-12-26;/h6-8,11-16,21-22H,9-10,17-20H2,1-5H3;1H/p-1. The third-order valence-electron chi connectivity index (χ3n) is 6.52. The summed E-state index contributed by atoms with van der Waals surface area (Å²) < 4.78 is 32.2. The molecule has 3 aromatic carbocycles. The Kier molecular flexibility index (Phi) is 12.2. The van der Waals surface area contributed by atoms with Gasteiger partial charge < -0.3 is 35.1 Å². The smallest absolute Gasteiger partial charge is 0.193 e. The predicted octanol–water partition coefficient (Wildman–Crippen LogP) is 2.38. The lowest BCUT2D eigenvalue weighted by Gasteiger charge is -2.33. The molecule has 3 aromatic rings. The number of hydrogen-bond donors (Lipinski definition) is 0. The van der Waals surface area contributed by atoms with E-state index in [4.69, 9.17) is 4.74 Å². The molecule has 0 bridgehead atoms. The number of quaternary nitrogens is 1. The number of aryl methyl sites for hydroxylation is 3. The first-order valence-electron chi connectivity index (χ1n) is 12.7. The van der Waals surface area contributed by atoms with E-state index in [-0.39, 0.29) is 22.8 Å². The topological polar surface area (TPSA) is 69.7 Å². The van der Waals surface area contributed by atoms with Gasteiger partial charge in [-0.25, -0.2) is 0 Å². The van der Waals surface area contributed by atoms with Crippen molar-refractivity contribution in [3.8, 4) is 5.75 Å². The second kappa shape index (κ2) is 14.6. The Bertz CT molecular complexity index is 1190. The minimum atomic E-state index is -2.32. The zero-order chi connectivity index (χ0) is 27.0. The lowest BCUT2D eigenvalue weighted by atomic mass is 10.0. The summed E-state index contributed by atoms with van der Waals surface area (Å²) in [4.78, 5) is 12.5. The zero-order valence-corrected chi connectivity index (χ0v) is 25.3. The number of rotatable bonds is 13. The van der Waals surface area contributed by atoms with E-state index in [1.54, 1.807) is 12.1 Å². The Hall–Kier alpha value is -2.52. The van der Waals surface area contributed by atoms with Gasteiger partial charge in [0.25, 0.3) is 0 Å². The van der Waals surface area contributed by atoms with Crippen LogP contribution in [0.5, 0.6) is 5.75 Å². The second-order valence-corrected chi connectivity index (χ2v) is 11.1. The van der Waals surface area contributed by atoms with Crippen LogP contribution in [0.15, 0.2) is 66.7 Å². The summed E-state index contributed by atoms with van der Waals surface area (Å²) in [5, 5.41) is 0. The largest absolute Gasteiger partial charge is 1.00 e. The van der Waals surface area contributed by atoms with E-state index in [1.165, 1.54) is 4.31 Å². The van der Waals surface area contributed by atoms with E-state index in [9.17, 15) is 13.6 Å². The minimum absolute atomic E-state index is 0. The molecule has 1 atom stereocenters. The Labute approximate surface area is 240 Å². The number of carbonyl (C=O) groups is 1. The normalized spacial score (nSPS) is 11.9. The number of ether oxygens (including phenoxy) is 1. The van der Waals surface area contributed by atoms with Gasteiger partial charge in [0.1, 0.15) is 5.75 Å². The van der Waals surface area contributed by atoms with Gasteiger partial charge in [0, 0.05) is 41.8 Å². The van der Waals surface area contributed by atoms with Crippen LogP contribution in [0.25, 0.3) is 0 Å². The zero-order valence-electron chi connectivity index (χ0n) is 22.9. The Balaban J connectivity index is 0.00000507. The van der Waals surface area contributed by atoms with Crippen molar-refractivity contribution in [1.29, 1.82) is 0 Å². The summed E-state index contributed by atoms with van der Waals surface area (Å²) in [6.07, 6.45) is 1.62. The highest BCUT2D eigenvalue weighted by Gasteiger charge is 2.18. The SMILES string of the molecule is Cc1cc(C)c(N(CCC[N+](C)(C)CCCOc2ccc(C(=O)c3ccccc3)cc2)S(=O)[O-])c(C)c1.[Br-]. The van der Waals surface area contributed by atoms with Crippen molar-refractivity contribution in [2.45, 2.75) is 33.6 Å². The Morgan fingerprint density at radius 3 is 2.03 bits per heavy atom. The van der Waals surface area contributed by atoms with Crippen LogP contribution in [-0.2, 0) is 11.3 Å². The van der Waals surface area contributed by atoms with Crippen LogP contribution in [0.1, 0.15) is 45.5 Å². The molecule has 0 radical (unpaired) electrons. The van der Waals surface area contributed by atoms with Crippen LogP contribution in [-0.4, -0.2) is 59.4 Å². The fourth-order valence-corrected chi connectivity index (χ4v) is 5.44. The average molecular weight is 603 g/mol. The average Bonchev–Trinajstić information content (AvgIpc) is 2.85. The fraction of sp³-hybridized carbons (Fsp3) is 0.367. The van der Waals surface area contributed by atoms with Crippen LogP contribution in [0.4, 0.5) is 5.69 Å². The van der Waals surface area contributed by atoms with Gasteiger partial charge in [-0.1, -0.05) is 48.0 Å². The van der Waals surface area contributed by atoms with Crippen LogP contribution >= 0.6 is 0 Å². The highest BCUT2D eigenvalue weighted by atomic mass is 79.9. The van der Waals surface area contributed by atoms with Gasteiger partial charge in [-0.2, -0.15) is 0 Å². The first kappa shape index (κ1) is 31.7. The van der Waals surface area contributed by atoms with Crippen LogP contribution in [0.2, 0.25) is 0 Å². The van der Waals surface area contributed by atoms with Crippen molar-refractivity contribution in [3.63, 3.8) is 0 Å². The number of hydrogen-bond acceptors (Lipinski definition) is 4. The lowest BCUT2D eigenvalue weighted by molar-refractivity contribution is -0.890. The summed E-state index contributed by atoms with van der Waals surface area (Å²) >= 11 is -2.32. The Morgan fingerprint density at radius 1 is 0.895 bits per heavy atom. The Morgan fingerprint density at radius 2 is 1.45 bits per heavy atom. The van der Waals surface area contributed by atoms with Crippen LogP contribution in [0.3, 0.4) is 0 Å².